The molecule has 1 heterocycles. The molecule has 1 aliphatic heterocycles. The highest BCUT2D eigenvalue weighted by Crippen LogP contribution is 2.39. The van der Waals surface area contributed by atoms with Crippen molar-refractivity contribution in [2.75, 3.05) is 11.4 Å². The van der Waals surface area contributed by atoms with Crippen molar-refractivity contribution in [2.45, 2.75) is 45.2 Å². The molecule has 3 nitrogen and oxygen atoms in total. The highest BCUT2D eigenvalue weighted by atomic mass is 19.4. The Morgan fingerprint density at radius 1 is 1.00 bits per heavy atom. The van der Waals surface area contributed by atoms with E-state index in [9.17, 15) is 23.1 Å². The maximum absolute atomic E-state index is 13.1. The van der Waals surface area contributed by atoms with E-state index in [0.717, 1.165) is 42.9 Å². The lowest BCUT2D eigenvalue weighted by molar-refractivity contribution is -0.139. The lowest BCUT2D eigenvalue weighted by Crippen LogP contribution is -2.25. The fraction of sp³-hybridized carbons (Fsp3) is 0.321. The molecule has 34 heavy (non-hydrogen) atoms. The van der Waals surface area contributed by atoms with E-state index in [1.165, 1.54) is 17.7 Å². The van der Waals surface area contributed by atoms with E-state index in [-0.39, 0.29) is 5.92 Å². The quantitative estimate of drug-likeness (QED) is 0.404. The van der Waals surface area contributed by atoms with E-state index in [1.54, 1.807) is 0 Å². The number of halogens is 3. The Morgan fingerprint density at radius 2 is 1.71 bits per heavy atom. The first-order valence-corrected chi connectivity index (χ1v) is 11.5. The van der Waals surface area contributed by atoms with Crippen LogP contribution in [0.1, 0.15) is 49.3 Å². The zero-order chi connectivity index (χ0) is 24.5. The average molecular weight is 468 g/mol. The lowest BCUT2D eigenvalue weighted by Gasteiger charge is -2.32. The minimum atomic E-state index is -4.41. The molecule has 0 saturated carbocycles. The Hall–Kier alpha value is -3.28. The summed E-state index contributed by atoms with van der Waals surface area (Å²) in [5.41, 5.74) is 4.45. The van der Waals surface area contributed by atoms with Crippen molar-refractivity contribution in [1.29, 1.82) is 0 Å². The Bertz CT molecular complexity index is 1170. The van der Waals surface area contributed by atoms with Gasteiger partial charge in [0, 0.05) is 17.9 Å². The molecule has 178 valence electrons. The van der Waals surface area contributed by atoms with E-state index < -0.39 is 23.6 Å². The summed E-state index contributed by atoms with van der Waals surface area (Å²) in [7, 11) is 0. The molecular weight excluding hydrogens is 439 g/mol. The van der Waals surface area contributed by atoms with Gasteiger partial charge in [-0.15, -0.1) is 0 Å². The summed E-state index contributed by atoms with van der Waals surface area (Å²) in [6.45, 7) is 4.75. The zero-order valence-electron chi connectivity index (χ0n) is 19.3. The highest BCUT2D eigenvalue weighted by Gasteiger charge is 2.30. The van der Waals surface area contributed by atoms with Crippen LogP contribution < -0.4 is 4.90 Å². The summed E-state index contributed by atoms with van der Waals surface area (Å²) >= 11 is 0. The third-order valence-electron chi connectivity index (χ3n) is 6.32. The molecular formula is C28H28F3NO2. The van der Waals surface area contributed by atoms with Gasteiger partial charge in [-0.2, -0.15) is 13.2 Å². The Labute approximate surface area is 197 Å². The zero-order valence-corrected chi connectivity index (χ0v) is 19.3. The van der Waals surface area contributed by atoms with Crippen molar-refractivity contribution in [2.24, 2.45) is 5.92 Å². The molecule has 0 aromatic heterocycles. The van der Waals surface area contributed by atoms with Crippen LogP contribution in [-0.4, -0.2) is 17.6 Å². The number of carboxylic acids is 1. The van der Waals surface area contributed by atoms with E-state index >= 15 is 0 Å². The summed E-state index contributed by atoms with van der Waals surface area (Å²) in [5.74, 6) is -1.42. The van der Waals surface area contributed by atoms with Gasteiger partial charge in [-0.05, 0) is 77.8 Å². The van der Waals surface area contributed by atoms with E-state index in [0.29, 0.717) is 23.1 Å². The molecule has 3 aromatic carbocycles. The van der Waals surface area contributed by atoms with Crippen molar-refractivity contribution in [3.63, 3.8) is 0 Å². The van der Waals surface area contributed by atoms with E-state index in [2.05, 4.69) is 17.0 Å². The summed E-state index contributed by atoms with van der Waals surface area (Å²) in [6.07, 6.45) is -2.00. The first-order chi connectivity index (χ1) is 16.1. The number of hydrogen-bond acceptors (Lipinski definition) is 2. The smallest absolute Gasteiger partial charge is 0.416 e. The van der Waals surface area contributed by atoms with Crippen LogP contribution in [0.25, 0.3) is 11.1 Å². The number of hydrogen-bond donors (Lipinski definition) is 1. The van der Waals surface area contributed by atoms with Gasteiger partial charge in [0.15, 0.2) is 0 Å². The molecule has 0 bridgehead atoms. The molecule has 1 aliphatic rings. The van der Waals surface area contributed by atoms with Crippen LogP contribution in [0.3, 0.4) is 0 Å². The van der Waals surface area contributed by atoms with Gasteiger partial charge in [-0.3, -0.25) is 4.79 Å². The van der Waals surface area contributed by atoms with E-state index in [1.807, 2.05) is 44.2 Å². The summed E-state index contributed by atoms with van der Waals surface area (Å²) < 4.78 is 39.2. The topological polar surface area (TPSA) is 40.5 Å². The van der Waals surface area contributed by atoms with Crippen LogP contribution in [0.2, 0.25) is 0 Å². The maximum atomic E-state index is 13.1. The lowest BCUT2D eigenvalue weighted by atomic mass is 9.87. The number of fused-ring (bicyclic) bond motifs is 1. The molecule has 1 unspecified atom stereocenters. The number of para-hydroxylation sites is 1. The largest absolute Gasteiger partial charge is 0.481 e. The molecule has 0 aliphatic carbocycles. The summed E-state index contributed by atoms with van der Waals surface area (Å²) in [5, 5.41) is 9.98. The Balaban J connectivity index is 1.84. The molecule has 0 amide bonds. The number of benzene rings is 3. The Morgan fingerprint density at radius 3 is 2.35 bits per heavy atom. The minimum absolute atomic E-state index is 0.176. The number of aliphatic carboxylic acids is 1. The fourth-order valence-corrected chi connectivity index (χ4v) is 4.66. The predicted octanol–water partition coefficient (Wildman–Crippen LogP) is 7.67. The molecule has 0 spiro atoms. The second-order valence-electron chi connectivity index (χ2n) is 9.29. The van der Waals surface area contributed by atoms with Crippen molar-refractivity contribution >= 4 is 17.3 Å². The van der Waals surface area contributed by atoms with Gasteiger partial charge < -0.3 is 10.0 Å². The summed E-state index contributed by atoms with van der Waals surface area (Å²) in [4.78, 5) is 14.4. The number of rotatable bonds is 6. The number of aryl methyl sites for hydroxylation is 1. The number of anilines is 2. The third kappa shape index (κ3) is 5.11. The van der Waals surface area contributed by atoms with Crippen molar-refractivity contribution in [1.82, 2.24) is 0 Å². The second-order valence-corrected chi connectivity index (χ2v) is 9.29. The fourth-order valence-electron chi connectivity index (χ4n) is 4.66. The summed E-state index contributed by atoms with van der Waals surface area (Å²) in [6, 6.07) is 18.9. The van der Waals surface area contributed by atoms with Crippen LogP contribution in [0.15, 0.2) is 66.7 Å². The van der Waals surface area contributed by atoms with Gasteiger partial charge in [0.25, 0.3) is 0 Å². The van der Waals surface area contributed by atoms with Crippen LogP contribution in [0.5, 0.6) is 0 Å². The van der Waals surface area contributed by atoms with Crippen molar-refractivity contribution < 1.29 is 23.1 Å². The Kier molecular flexibility index (Phi) is 6.69. The molecule has 0 fully saturated rings. The highest BCUT2D eigenvalue weighted by molar-refractivity contribution is 5.81. The van der Waals surface area contributed by atoms with E-state index in [4.69, 9.17) is 0 Å². The molecule has 0 radical (unpaired) electrons. The normalized spacial score (nSPS) is 14.7. The van der Waals surface area contributed by atoms with Crippen molar-refractivity contribution in [3.8, 4) is 11.1 Å². The molecule has 1 atom stereocenters. The molecule has 6 heteroatoms. The van der Waals surface area contributed by atoms with Gasteiger partial charge in [0.1, 0.15) is 0 Å². The predicted molar refractivity (Wildman–Crippen MR) is 128 cm³/mol. The van der Waals surface area contributed by atoms with Gasteiger partial charge in [-0.1, -0.05) is 50.2 Å². The van der Waals surface area contributed by atoms with Gasteiger partial charge >= 0.3 is 12.1 Å². The maximum Gasteiger partial charge on any atom is 0.416 e. The first kappa shape index (κ1) is 23.9. The molecule has 0 saturated heterocycles. The molecule has 3 aromatic rings. The van der Waals surface area contributed by atoms with Crippen molar-refractivity contribution in [3.05, 3.63) is 83.4 Å². The molecule has 4 rings (SSSR count). The second kappa shape index (κ2) is 9.53. The van der Waals surface area contributed by atoms with Gasteiger partial charge in [0.05, 0.1) is 11.5 Å². The van der Waals surface area contributed by atoms with Crippen LogP contribution in [0, 0.1) is 5.92 Å². The third-order valence-corrected chi connectivity index (χ3v) is 6.32. The van der Waals surface area contributed by atoms with Gasteiger partial charge in [0.2, 0.25) is 0 Å². The SMILES string of the molecule is CC(C)CC(C(=O)O)c1cc(-c2ccc(C(F)(F)F)cc2)cc(N2CCCc3ccccc32)c1. The first-order valence-electron chi connectivity index (χ1n) is 11.5. The minimum Gasteiger partial charge on any atom is -0.481 e. The van der Waals surface area contributed by atoms with Crippen LogP contribution in [-0.2, 0) is 17.4 Å². The molecule has 1 N–H and O–H groups in total. The van der Waals surface area contributed by atoms with Gasteiger partial charge in [-0.25, -0.2) is 0 Å². The monoisotopic (exact) mass is 467 g/mol. The average Bonchev–Trinajstić information content (AvgIpc) is 2.81. The number of nitrogens with zero attached hydrogens (tertiary/aromatic N) is 1. The number of carboxylic acid groups (broad SMARTS) is 1. The standard InChI is InChI=1S/C28H28F3NO2/c1-18(2)14-25(27(33)34)22-15-21(19-9-11-23(12-10-19)28(29,30)31)16-24(17-22)32-13-5-7-20-6-3-4-8-26(20)32/h3-4,6,8-12,15-18,25H,5,7,13-14H2,1-2H3,(H,33,34). The number of carbonyl (C=O) groups is 1. The van der Waals surface area contributed by atoms with Crippen LogP contribution >= 0.6 is 0 Å². The van der Waals surface area contributed by atoms with Crippen LogP contribution in [0.4, 0.5) is 24.5 Å². The number of alkyl halides is 3.